The molecule has 1 heterocycles. The number of anilines is 1. The molecular weight excluding hydrogens is 308 g/mol. The van der Waals surface area contributed by atoms with Crippen LogP contribution in [0.5, 0.6) is 0 Å². The average molecular weight is 330 g/mol. The normalized spacial score (nSPS) is 11.8. The molecule has 128 valence electrons. The van der Waals surface area contributed by atoms with Crippen LogP contribution in [0, 0.1) is 20.8 Å². The van der Waals surface area contributed by atoms with Crippen molar-refractivity contribution in [2.24, 2.45) is 0 Å². The SMILES string of the molecule is CCC(NNC(=O)c1ccc(C)cc1C)C(=O)Nc1cc(C)on1. The lowest BCUT2D eigenvalue weighted by Gasteiger charge is -2.17. The number of aromatic nitrogens is 1. The first-order valence-corrected chi connectivity index (χ1v) is 7.78. The molecule has 2 aromatic rings. The number of benzene rings is 1. The van der Waals surface area contributed by atoms with Gasteiger partial charge in [-0.3, -0.25) is 15.0 Å². The predicted molar refractivity (Wildman–Crippen MR) is 90.5 cm³/mol. The zero-order valence-corrected chi connectivity index (χ0v) is 14.3. The van der Waals surface area contributed by atoms with E-state index in [9.17, 15) is 9.59 Å². The summed E-state index contributed by atoms with van der Waals surface area (Å²) in [6.45, 7) is 7.42. The van der Waals surface area contributed by atoms with Crippen LogP contribution in [0.3, 0.4) is 0 Å². The van der Waals surface area contributed by atoms with E-state index in [1.807, 2.05) is 32.9 Å². The molecule has 0 spiro atoms. The Labute approximate surface area is 140 Å². The summed E-state index contributed by atoms with van der Waals surface area (Å²) in [4.78, 5) is 24.5. The molecule has 0 saturated heterocycles. The van der Waals surface area contributed by atoms with Crippen LogP contribution in [0.25, 0.3) is 0 Å². The van der Waals surface area contributed by atoms with Gasteiger partial charge in [0.15, 0.2) is 5.82 Å². The molecule has 1 aromatic carbocycles. The van der Waals surface area contributed by atoms with Crippen LogP contribution in [0.15, 0.2) is 28.8 Å². The minimum absolute atomic E-state index is 0.281. The number of hydrogen-bond acceptors (Lipinski definition) is 5. The van der Waals surface area contributed by atoms with Gasteiger partial charge in [-0.1, -0.05) is 29.8 Å². The zero-order valence-electron chi connectivity index (χ0n) is 14.3. The van der Waals surface area contributed by atoms with Crippen molar-refractivity contribution in [3.8, 4) is 0 Å². The highest BCUT2D eigenvalue weighted by atomic mass is 16.5. The van der Waals surface area contributed by atoms with Crippen molar-refractivity contribution in [2.45, 2.75) is 40.2 Å². The van der Waals surface area contributed by atoms with Crippen molar-refractivity contribution in [2.75, 3.05) is 5.32 Å². The van der Waals surface area contributed by atoms with Gasteiger partial charge in [0, 0.05) is 11.6 Å². The van der Waals surface area contributed by atoms with E-state index < -0.39 is 6.04 Å². The molecule has 3 N–H and O–H groups in total. The Hall–Kier alpha value is -2.67. The van der Waals surface area contributed by atoms with Crippen LogP contribution in [0.2, 0.25) is 0 Å². The summed E-state index contributed by atoms with van der Waals surface area (Å²) < 4.78 is 4.90. The van der Waals surface area contributed by atoms with Crippen LogP contribution in [0.4, 0.5) is 5.82 Å². The third-order valence-electron chi connectivity index (χ3n) is 3.59. The van der Waals surface area contributed by atoms with Crippen LogP contribution in [-0.4, -0.2) is 23.0 Å². The van der Waals surface area contributed by atoms with Crippen LogP contribution in [0.1, 0.15) is 40.6 Å². The van der Waals surface area contributed by atoms with Gasteiger partial charge in [-0.15, -0.1) is 0 Å². The third kappa shape index (κ3) is 4.42. The largest absolute Gasteiger partial charge is 0.360 e. The molecule has 0 saturated carbocycles. The summed E-state index contributed by atoms with van der Waals surface area (Å²) in [7, 11) is 0. The highest BCUT2D eigenvalue weighted by Crippen LogP contribution is 2.10. The fraction of sp³-hybridized carbons (Fsp3) is 0.353. The van der Waals surface area contributed by atoms with Gasteiger partial charge >= 0.3 is 0 Å². The van der Waals surface area contributed by atoms with Gasteiger partial charge in [0.05, 0.1) is 0 Å². The first-order valence-electron chi connectivity index (χ1n) is 7.78. The maximum Gasteiger partial charge on any atom is 0.265 e. The Morgan fingerprint density at radius 3 is 2.54 bits per heavy atom. The molecule has 0 fully saturated rings. The van der Waals surface area contributed by atoms with Crippen molar-refractivity contribution in [3.63, 3.8) is 0 Å². The van der Waals surface area contributed by atoms with E-state index in [0.717, 1.165) is 11.1 Å². The Morgan fingerprint density at radius 2 is 1.96 bits per heavy atom. The van der Waals surface area contributed by atoms with Gasteiger partial charge in [0.25, 0.3) is 5.91 Å². The quantitative estimate of drug-likeness (QED) is 0.706. The standard InChI is InChI=1S/C17H22N4O3/c1-5-14(17(23)18-15-9-12(4)24-21-15)19-20-16(22)13-7-6-10(2)8-11(13)3/h6-9,14,19H,5H2,1-4H3,(H,20,22)(H,18,21,23). The van der Waals surface area contributed by atoms with Gasteiger partial charge in [-0.25, -0.2) is 5.43 Å². The summed E-state index contributed by atoms with van der Waals surface area (Å²) in [6, 6.07) is 6.61. The minimum atomic E-state index is -0.586. The molecule has 2 amide bonds. The van der Waals surface area contributed by atoms with Crippen molar-refractivity contribution >= 4 is 17.6 Å². The predicted octanol–water partition coefficient (Wildman–Crippen LogP) is 2.25. The number of hydrazine groups is 1. The van der Waals surface area contributed by atoms with Crippen LogP contribution in [-0.2, 0) is 4.79 Å². The molecule has 0 bridgehead atoms. The second kappa shape index (κ2) is 7.74. The van der Waals surface area contributed by atoms with Crippen molar-refractivity contribution < 1.29 is 14.1 Å². The first-order chi connectivity index (χ1) is 11.4. The molecule has 0 aliphatic heterocycles. The van der Waals surface area contributed by atoms with E-state index in [-0.39, 0.29) is 11.8 Å². The van der Waals surface area contributed by atoms with Gasteiger partial charge < -0.3 is 9.84 Å². The molecule has 1 unspecified atom stereocenters. The number of nitrogens with one attached hydrogen (secondary N) is 3. The van der Waals surface area contributed by atoms with E-state index >= 15 is 0 Å². The first kappa shape index (κ1) is 17.7. The number of hydrogen-bond donors (Lipinski definition) is 3. The summed E-state index contributed by atoms with van der Waals surface area (Å²) in [5.74, 6) is 0.371. The fourth-order valence-corrected chi connectivity index (χ4v) is 2.28. The van der Waals surface area contributed by atoms with E-state index in [4.69, 9.17) is 4.52 Å². The summed E-state index contributed by atoms with van der Waals surface area (Å²) in [5, 5.41) is 6.35. The van der Waals surface area contributed by atoms with Gasteiger partial charge in [-0.2, -0.15) is 0 Å². The molecular formula is C17H22N4O3. The summed E-state index contributed by atoms with van der Waals surface area (Å²) in [6.07, 6.45) is 0.496. The van der Waals surface area contributed by atoms with Gasteiger partial charge in [0.2, 0.25) is 5.91 Å². The van der Waals surface area contributed by atoms with E-state index in [2.05, 4.69) is 21.3 Å². The number of nitrogens with zero attached hydrogens (tertiary/aromatic N) is 1. The molecule has 7 heteroatoms. The molecule has 1 aromatic heterocycles. The number of carbonyl (C=O) groups excluding carboxylic acids is 2. The molecule has 24 heavy (non-hydrogen) atoms. The molecule has 0 aliphatic carbocycles. The monoisotopic (exact) mass is 330 g/mol. The molecule has 0 aliphatic rings. The Kier molecular flexibility index (Phi) is 5.70. The lowest BCUT2D eigenvalue weighted by Crippen LogP contribution is -2.49. The Balaban J connectivity index is 1.94. The molecule has 0 radical (unpaired) electrons. The van der Waals surface area contributed by atoms with Crippen molar-refractivity contribution in [1.29, 1.82) is 0 Å². The van der Waals surface area contributed by atoms with Crippen LogP contribution >= 0.6 is 0 Å². The lowest BCUT2D eigenvalue weighted by atomic mass is 10.1. The minimum Gasteiger partial charge on any atom is -0.360 e. The smallest absolute Gasteiger partial charge is 0.265 e. The Bertz CT molecular complexity index is 739. The summed E-state index contributed by atoms with van der Waals surface area (Å²) in [5.41, 5.74) is 7.89. The number of amides is 2. The fourth-order valence-electron chi connectivity index (χ4n) is 2.28. The molecule has 1 atom stereocenters. The number of rotatable bonds is 6. The zero-order chi connectivity index (χ0) is 17.7. The maximum absolute atomic E-state index is 12.2. The second-order valence-electron chi connectivity index (χ2n) is 5.69. The van der Waals surface area contributed by atoms with Gasteiger partial charge in [0.1, 0.15) is 11.8 Å². The van der Waals surface area contributed by atoms with Crippen molar-refractivity contribution in [1.82, 2.24) is 16.0 Å². The summed E-state index contributed by atoms with van der Waals surface area (Å²) >= 11 is 0. The highest BCUT2D eigenvalue weighted by Gasteiger charge is 2.19. The topological polar surface area (TPSA) is 96.3 Å². The van der Waals surface area contributed by atoms with Gasteiger partial charge in [-0.05, 0) is 38.8 Å². The molecule has 7 nitrogen and oxygen atoms in total. The van der Waals surface area contributed by atoms with E-state index in [1.165, 1.54) is 0 Å². The van der Waals surface area contributed by atoms with E-state index in [1.54, 1.807) is 19.1 Å². The number of carbonyl (C=O) groups is 2. The third-order valence-corrected chi connectivity index (χ3v) is 3.59. The van der Waals surface area contributed by atoms with E-state index in [0.29, 0.717) is 23.6 Å². The average Bonchev–Trinajstić information content (AvgIpc) is 2.92. The molecule has 2 rings (SSSR count). The van der Waals surface area contributed by atoms with Crippen LogP contribution < -0.4 is 16.2 Å². The number of aryl methyl sites for hydroxylation is 3. The lowest BCUT2D eigenvalue weighted by molar-refractivity contribution is -0.118. The Morgan fingerprint density at radius 1 is 1.21 bits per heavy atom. The van der Waals surface area contributed by atoms with Crippen molar-refractivity contribution in [3.05, 3.63) is 46.7 Å². The maximum atomic E-state index is 12.2. The highest BCUT2D eigenvalue weighted by molar-refractivity contribution is 5.97. The second-order valence-corrected chi connectivity index (χ2v) is 5.69.